The fourth-order valence-electron chi connectivity index (χ4n) is 0.788. The maximum atomic E-state index is 8.79. The van der Waals surface area contributed by atoms with E-state index in [1.54, 1.807) is 6.07 Å². The van der Waals surface area contributed by atoms with Gasteiger partial charge in [-0.1, -0.05) is 0 Å². The molecule has 1 N–H and O–H groups in total. The molecule has 1 aromatic heterocycles. The van der Waals surface area contributed by atoms with Gasteiger partial charge in [0.25, 0.3) is 0 Å². The molecule has 1 aromatic rings. The normalized spacial score (nSPS) is 9.92. The summed E-state index contributed by atoms with van der Waals surface area (Å²) in [6.45, 7) is 2.40. The number of aromatic nitrogens is 1. The third-order valence-electron chi connectivity index (χ3n) is 1.31. The lowest BCUT2D eigenvalue weighted by atomic mass is 10.4. The molecular formula is C8H10BrNO2. The van der Waals surface area contributed by atoms with Gasteiger partial charge in [0, 0.05) is 0 Å². The van der Waals surface area contributed by atoms with E-state index < -0.39 is 0 Å². The van der Waals surface area contributed by atoms with E-state index in [0.29, 0.717) is 18.2 Å². The monoisotopic (exact) mass is 231 g/mol. The number of halogens is 1. The van der Waals surface area contributed by atoms with Crippen molar-refractivity contribution in [2.24, 2.45) is 0 Å². The first-order chi connectivity index (χ1) is 5.77. The van der Waals surface area contributed by atoms with E-state index in [9.17, 15) is 0 Å². The van der Waals surface area contributed by atoms with Crippen LogP contribution in [0.3, 0.4) is 0 Å². The number of aliphatic hydroxyl groups is 1. The van der Waals surface area contributed by atoms with Gasteiger partial charge < -0.3 is 9.84 Å². The van der Waals surface area contributed by atoms with Crippen molar-refractivity contribution in [1.29, 1.82) is 0 Å². The number of rotatable bonds is 3. The number of pyridine rings is 1. The summed E-state index contributed by atoms with van der Waals surface area (Å²) in [6, 6.07) is 3.55. The summed E-state index contributed by atoms with van der Waals surface area (Å²) in [5.41, 5.74) is 0.613. The van der Waals surface area contributed by atoms with Crippen molar-refractivity contribution in [3.8, 4) is 5.88 Å². The van der Waals surface area contributed by atoms with Crippen molar-refractivity contribution in [2.75, 3.05) is 6.61 Å². The minimum Gasteiger partial charge on any atom is -0.477 e. The molecule has 0 radical (unpaired) electrons. The summed E-state index contributed by atoms with van der Waals surface area (Å²) in [5, 5.41) is 8.79. The summed E-state index contributed by atoms with van der Waals surface area (Å²) in [6.07, 6.45) is 0. The number of hydrogen-bond donors (Lipinski definition) is 1. The van der Waals surface area contributed by atoms with Crippen LogP contribution in [0.15, 0.2) is 16.6 Å². The first-order valence-electron chi connectivity index (χ1n) is 3.67. The number of aliphatic hydroxyl groups excluding tert-OH is 1. The summed E-state index contributed by atoms with van der Waals surface area (Å²) in [7, 11) is 0. The van der Waals surface area contributed by atoms with Crippen LogP contribution in [0.2, 0.25) is 0 Å². The van der Waals surface area contributed by atoms with Gasteiger partial charge in [0.15, 0.2) is 0 Å². The first-order valence-corrected chi connectivity index (χ1v) is 4.46. The van der Waals surface area contributed by atoms with Gasteiger partial charge in [-0.15, -0.1) is 0 Å². The molecule has 0 aliphatic carbocycles. The van der Waals surface area contributed by atoms with Gasteiger partial charge in [-0.3, -0.25) is 0 Å². The molecule has 1 rings (SSSR count). The van der Waals surface area contributed by atoms with Gasteiger partial charge in [-0.05, 0) is 35.0 Å². The molecule has 0 aliphatic heterocycles. The smallest absolute Gasteiger partial charge is 0.228 e. The lowest BCUT2D eigenvalue weighted by Gasteiger charge is -2.05. The Bertz CT molecular complexity index is 265. The number of hydrogen-bond acceptors (Lipinski definition) is 3. The Kier molecular flexibility index (Phi) is 3.49. The zero-order valence-corrected chi connectivity index (χ0v) is 8.34. The SMILES string of the molecule is CCOc1nc(CO)ccc1Br. The minimum absolute atomic E-state index is 0.0621. The molecule has 0 unspecified atom stereocenters. The number of nitrogens with zero attached hydrogens (tertiary/aromatic N) is 1. The molecule has 0 fully saturated rings. The molecule has 0 saturated heterocycles. The molecule has 0 saturated carbocycles. The van der Waals surface area contributed by atoms with Gasteiger partial charge in [-0.2, -0.15) is 0 Å². The first kappa shape index (κ1) is 9.48. The molecule has 0 bridgehead atoms. The molecular weight excluding hydrogens is 222 g/mol. The van der Waals surface area contributed by atoms with Gasteiger partial charge in [0.2, 0.25) is 5.88 Å². The highest BCUT2D eigenvalue weighted by molar-refractivity contribution is 9.10. The molecule has 12 heavy (non-hydrogen) atoms. The molecule has 0 spiro atoms. The van der Waals surface area contributed by atoms with E-state index in [4.69, 9.17) is 9.84 Å². The van der Waals surface area contributed by atoms with Crippen LogP contribution in [-0.2, 0) is 6.61 Å². The van der Waals surface area contributed by atoms with Crippen LogP contribution in [0.1, 0.15) is 12.6 Å². The Hall–Kier alpha value is -0.610. The Morgan fingerprint density at radius 2 is 2.33 bits per heavy atom. The van der Waals surface area contributed by atoms with Gasteiger partial charge in [-0.25, -0.2) is 4.98 Å². The highest BCUT2D eigenvalue weighted by atomic mass is 79.9. The highest BCUT2D eigenvalue weighted by Gasteiger charge is 2.02. The maximum absolute atomic E-state index is 8.79. The summed E-state index contributed by atoms with van der Waals surface area (Å²) >= 11 is 3.29. The summed E-state index contributed by atoms with van der Waals surface area (Å²) < 4.78 is 6.02. The molecule has 1 heterocycles. The Morgan fingerprint density at radius 1 is 1.58 bits per heavy atom. The highest BCUT2D eigenvalue weighted by Crippen LogP contribution is 2.22. The second-order valence-corrected chi connectivity index (χ2v) is 3.04. The van der Waals surface area contributed by atoms with Crippen LogP contribution in [-0.4, -0.2) is 16.7 Å². The van der Waals surface area contributed by atoms with Crippen molar-refractivity contribution in [1.82, 2.24) is 4.98 Å². The third kappa shape index (κ3) is 2.19. The lowest BCUT2D eigenvalue weighted by Crippen LogP contribution is -1.98. The van der Waals surface area contributed by atoms with Gasteiger partial charge >= 0.3 is 0 Å². The van der Waals surface area contributed by atoms with Crippen LogP contribution in [0.5, 0.6) is 5.88 Å². The predicted octanol–water partition coefficient (Wildman–Crippen LogP) is 1.74. The van der Waals surface area contributed by atoms with E-state index in [2.05, 4.69) is 20.9 Å². The second kappa shape index (κ2) is 4.42. The van der Waals surface area contributed by atoms with Crippen molar-refractivity contribution in [3.63, 3.8) is 0 Å². The fourth-order valence-corrected chi connectivity index (χ4v) is 1.12. The third-order valence-corrected chi connectivity index (χ3v) is 1.92. The van der Waals surface area contributed by atoms with E-state index in [1.807, 2.05) is 13.0 Å². The van der Waals surface area contributed by atoms with Crippen molar-refractivity contribution >= 4 is 15.9 Å². The van der Waals surface area contributed by atoms with Crippen LogP contribution >= 0.6 is 15.9 Å². The predicted molar refractivity (Wildman–Crippen MR) is 49.0 cm³/mol. The van der Waals surface area contributed by atoms with Crippen LogP contribution in [0.25, 0.3) is 0 Å². The molecule has 66 valence electrons. The standard InChI is InChI=1S/C8H10BrNO2/c1-2-12-8-7(9)4-3-6(5-11)10-8/h3-4,11H,2,5H2,1H3. The largest absolute Gasteiger partial charge is 0.477 e. The fraction of sp³-hybridized carbons (Fsp3) is 0.375. The maximum Gasteiger partial charge on any atom is 0.228 e. The van der Waals surface area contributed by atoms with E-state index >= 15 is 0 Å². The molecule has 0 atom stereocenters. The van der Waals surface area contributed by atoms with Crippen molar-refractivity contribution in [2.45, 2.75) is 13.5 Å². The quantitative estimate of drug-likeness (QED) is 0.862. The molecule has 3 nitrogen and oxygen atoms in total. The van der Waals surface area contributed by atoms with E-state index in [1.165, 1.54) is 0 Å². The number of ether oxygens (including phenoxy) is 1. The average Bonchev–Trinajstić information content (AvgIpc) is 2.09. The molecule has 0 aromatic carbocycles. The van der Waals surface area contributed by atoms with Gasteiger partial charge in [0.05, 0.1) is 23.4 Å². The molecule has 0 amide bonds. The average molecular weight is 232 g/mol. The van der Waals surface area contributed by atoms with Crippen LogP contribution < -0.4 is 4.74 Å². The summed E-state index contributed by atoms with van der Waals surface area (Å²) in [5.74, 6) is 0.532. The van der Waals surface area contributed by atoms with Crippen LogP contribution in [0, 0.1) is 0 Å². The summed E-state index contributed by atoms with van der Waals surface area (Å²) in [4.78, 5) is 4.06. The van der Waals surface area contributed by atoms with Crippen molar-refractivity contribution < 1.29 is 9.84 Å². The second-order valence-electron chi connectivity index (χ2n) is 2.18. The van der Waals surface area contributed by atoms with Gasteiger partial charge in [0.1, 0.15) is 0 Å². The van der Waals surface area contributed by atoms with Crippen LogP contribution in [0.4, 0.5) is 0 Å². The zero-order chi connectivity index (χ0) is 8.97. The van der Waals surface area contributed by atoms with E-state index in [0.717, 1.165) is 4.47 Å². The zero-order valence-electron chi connectivity index (χ0n) is 6.75. The minimum atomic E-state index is -0.0621. The van der Waals surface area contributed by atoms with E-state index in [-0.39, 0.29) is 6.61 Å². The Morgan fingerprint density at radius 3 is 2.92 bits per heavy atom. The van der Waals surface area contributed by atoms with Crippen molar-refractivity contribution in [3.05, 3.63) is 22.3 Å². The molecule has 4 heteroatoms. The molecule has 0 aliphatic rings. The lowest BCUT2D eigenvalue weighted by molar-refractivity contribution is 0.271. The topological polar surface area (TPSA) is 42.4 Å². The Labute approximate surface area is 79.5 Å². The Balaban J connectivity index is 2.91.